The Labute approximate surface area is 215 Å². The first-order valence-corrected chi connectivity index (χ1v) is 11.9. The van der Waals surface area contributed by atoms with Gasteiger partial charge in [-0.25, -0.2) is 0 Å². The number of hydrogen-bond acceptors (Lipinski definition) is 6. The molecule has 1 saturated heterocycles. The standard InChI is InChI=1S/C24H15Br2N3O6/c1-35-18-10-5-12(11-16(18)26)20-21(24(32)27(20)14-8-6-13(25)7-9-14)28-22(30)15-3-2-4-17(29(33)34)19(15)23(28)31/h2-11,20-21H,1H3. The van der Waals surface area contributed by atoms with Crippen molar-refractivity contribution in [1.29, 1.82) is 0 Å². The maximum absolute atomic E-state index is 13.5. The van der Waals surface area contributed by atoms with E-state index in [0.29, 0.717) is 21.5 Å². The Morgan fingerprint density at radius 1 is 0.914 bits per heavy atom. The number of rotatable bonds is 5. The molecule has 2 unspecified atom stereocenters. The van der Waals surface area contributed by atoms with Crippen LogP contribution in [0.1, 0.15) is 32.3 Å². The van der Waals surface area contributed by atoms with Crippen molar-refractivity contribution in [2.75, 3.05) is 12.0 Å². The zero-order chi connectivity index (χ0) is 25.0. The lowest BCUT2D eigenvalue weighted by molar-refractivity contribution is -0.385. The third kappa shape index (κ3) is 3.53. The van der Waals surface area contributed by atoms with Crippen molar-refractivity contribution in [3.05, 3.63) is 96.4 Å². The molecule has 3 amide bonds. The summed E-state index contributed by atoms with van der Waals surface area (Å²) in [6.45, 7) is 0. The number of nitro benzene ring substituents is 1. The Hall–Kier alpha value is -3.57. The van der Waals surface area contributed by atoms with E-state index in [2.05, 4.69) is 31.9 Å². The summed E-state index contributed by atoms with van der Waals surface area (Å²) in [7, 11) is 1.52. The number of halogens is 2. The molecule has 2 heterocycles. The number of hydrogen-bond donors (Lipinski definition) is 0. The Kier molecular flexibility index (Phi) is 5.68. The van der Waals surface area contributed by atoms with Gasteiger partial charge >= 0.3 is 0 Å². The number of fused-ring (bicyclic) bond motifs is 1. The molecule has 9 nitrogen and oxygen atoms in total. The van der Waals surface area contributed by atoms with Crippen molar-refractivity contribution in [3.63, 3.8) is 0 Å². The van der Waals surface area contributed by atoms with Gasteiger partial charge in [0, 0.05) is 16.2 Å². The lowest BCUT2D eigenvalue weighted by atomic mass is 9.86. The van der Waals surface area contributed by atoms with E-state index in [4.69, 9.17) is 4.74 Å². The lowest BCUT2D eigenvalue weighted by Gasteiger charge is -2.49. The van der Waals surface area contributed by atoms with Gasteiger partial charge in [-0.1, -0.05) is 28.1 Å². The van der Waals surface area contributed by atoms with E-state index in [0.717, 1.165) is 9.37 Å². The molecule has 3 aromatic carbocycles. The van der Waals surface area contributed by atoms with E-state index >= 15 is 0 Å². The number of imide groups is 1. The second kappa shape index (κ2) is 8.58. The Morgan fingerprint density at radius 3 is 2.26 bits per heavy atom. The van der Waals surface area contributed by atoms with Crippen molar-refractivity contribution in [3.8, 4) is 5.75 Å². The quantitative estimate of drug-likeness (QED) is 0.179. The van der Waals surface area contributed by atoms with Crippen LogP contribution in [0, 0.1) is 10.1 Å². The first kappa shape index (κ1) is 23.2. The molecular weight excluding hydrogens is 586 g/mol. The van der Waals surface area contributed by atoms with E-state index in [1.165, 1.54) is 30.2 Å². The van der Waals surface area contributed by atoms with E-state index < -0.39 is 40.4 Å². The summed E-state index contributed by atoms with van der Waals surface area (Å²) in [6, 6.07) is 14.3. The number of amides is 3. The molecule has 1 fully saturated rings. The van der Waals surface area contributed by atoms with Crippen LogP contribution in [0.25, 0.3) is 0 Å². The van der Waals surface area contributed by atoms with Gasteiger partial charge in [0.25, 0.3) is 23.4 Å². The summed E-state index contributed by atoms with van der Waals surface area (Å²) < 4.78 is 6.75. The van der Waals surface area contributed by atoms with Crippen molar-refractivity contribution in [1.82, 2.24) is 4.90 Å². The van der Waals surface area contributed by atoms with E-state index in [1.54, 1.807) is 42.5 Å². The molecule has 0 saturated carbocycles. The number of nitrogens with zero attached hydrogens (tertiary/aromatic N) is 3. The topological polar surface area (TPSA) is 110 Å². The highest BCUT2D eigenvalue weighted by Gasteiger charge is 2.58. The highest BCUT2D eigenvalue weighted by Crippen LogP contribution is 2.46. The largest absolute Gasteiger partial charge is 0.496 e. The molecule has 5 rings (SSSR count). The minimum atomic E-state index is -1.18. The molecule has 0 aliphatic carbocycles. The zero-order valence-corrected chi connectivity index (χ0v) is 21.1. The lowest BCUT2D eigenvalue weighted by Crippen LogP contribution is -2.67. The summed E-state index contributed by atoms with van der Waals surface area (Å²) >= 11 is 6.82. The van der Waals surface area contributed by atoms with Gasteiger partial charge in [-0.2, -0.15) is 0 Å². The number of carbonyl (C=O) groups is 3. The summed E-state index contributed by atoms with van der Waals surface area (Å²) in [5.74, 6) is -1.49. The smallest absolute Gasteiger partial charge is 0.282 e. The van der Waals surface area contributed by atoms with Gasteiger partial charge in [0.15, 0.2) is 0 Å². The first-order chi connectivity index (χ1) is 16.7. The fourth-order valence-corrected chi connectivity index (χ4v) is 5.33. The molecule has 2 aliphatic heterocycles. The third-order valence-corrected chi connectivity index (χ3v) is 7.24. The molecule has 0 spiro atoms. The van der Waals surface area contributed by atoms with Crippen molar-refractivity contribution in [2.45, 2.75) is 12.1 Å². The predicted molar refractivity (Wildman–Crippen MR) is 132 cm³/mol. The first-order valence-electron chi connectivity index (χ1n) is 10.3. The van der Waals surface area contributed by atoms with Crippen LogP contribution in [0.3, 0.4) is 0 Å². The molecule has 2 atom stereocenters. The number of ether oxygens (including phenoxy) is 1. The van der Waals surface area contributed by atoms with Gasteiger partial charge < -0.3 is 9.64 Å². The van der Waals surface area contributed by atoms with Crippen LogP contribution in [-0.4, -0.2) is 40.7 Å². The molecule has 176 valence electrons. The average molecular weight is 601 g/mol. The van der Waals surface area contributed by atoms with Crippen LogP contribution < -0.4 is 9.64 Å². The molecular formula is C24H15Br2N3O6. The fraction of sp³-hybridized carbons (Fsp3) is 0.125. The van der Waals surface area contributed by atoms with Gasteiger partial charge in [-0.3, -0.25) is 29.4 Å². The van der Waals surface area contributed by atoms with Crippen LogP contribution in [0.4, 0.5) is 11.4 Å². The SMILES string of the molecule is COc1ccc(C2C(N3C(=O)c4cccc([N+](=O)[O-])c4C3=O)C(=O)N2c2ccc(Br)cc2)cc1Br. The fourth-order valence-electron chi connectivity index (χ4n) is 4.50. The number of carbonyl (C=O) groups excluding carboxylic acids is 3. The van der Waals surface area contributed by atoms with Gasteiger partial charge in [0.05, 0.1) is 28.1 Å². The monoisotopic (exact) mass is 599 g/mol. The predicted octanol–water partition coefficient (Wildman–Crippen LogP) is 4.88. The maximum atomic E-state index is 13.5. The second-order valence-corrected chi connectivity index (χ2v) is 9.68. The molecule has 2 aliphatic rings. The van der Waals surface area contributed by atoms with E-state index in [1.807, 2.05) is 0 Å². The van der Waals surface area contributed by atoms with Crippen molar-refractivity contribution >= 4 is 61.0 Å². The number of anilines is 1. The number of β-lactam (4-membered cyclic amide) rings is 1. The minimum Gasteiger partial charge on any atom is -0.496 e. The Bertz CT molecular complexity index is 1430. The maximum Gasteiger partial charge on any atom is 0.282 e. The Morgan fingerprint density at radius 2 is 1.63 bits per heavy atom. The van der Waals surface area contributed by atoms with E-state index in [-0.39, 0.29) is 11.1 Å². The molecule has 3 aromatic rings. The van der Waals surface area contributed by atoms with Crippen LogP contribution >= 0.6 is 31.9 Å². The second-order valence-electron chi connectivity index (χ2n) is 7.91. The highest BCUT2D eigenvalue weighted by atomic mass is 79.9. The van der Waals surface area contributed by atoms with Gasteiger partial charge in [-0.15, -0.1) is 0 Å². The third-order valence-electron chi connectivity index (χ3n) is 6.09. The van der Waals surface area contributed by atoms with Gasteiger partial charge in [-0.05, 0) is 64.0 Å². The van der Waals surface area contributed by atoms with Crippen LogP contribution in [0.2, 0.25) is 0 Å². The molecule has 35 heavy (non-hydrogen) atoms. The van der Waals surface area contributed by atoms with Gasteiger partial charge in [0.1, 0.15) is 17.4 Å². The average Bonchev–Trinajstić information content (AvgIpc) is 3.08. The van der Waals surface area contributed by atoms with E-state index in [9.17, 15) is 24.5 Å². The van der Waals surface area contributed by atoms with Crippen molar-refractivity contribution < 1.29 is 24.0 Å². The van der Waals surface area contributed by atoms with Crippen LogP contribution in [0.15, 0.2) is 69.6 Å². The number of methoxy groups -OCH3 is 1. The molecule has 0 N–H and O–H groups in total. The summed E-state index contributed by atoms with van der Waals surface area (Å²) in [5, 5.41) is 11.5. The minimum absolute atomic E-state index is 0.0891. The summed E-state index contributed by atoms with van der Waals surface area (Å²) in [6.07, 6.45) is 0. The normalized spacial score (nSPS) is 19.0. The summed E-state index contributed by atoms with van der Waals surface area (Å²) in [4.78, 5) is 53.2. The van der Waals surface area contributed by atoms with Crippen LogP contribution in [0.5, 0.6) is 5.75 Å². The molecule has 0 radical (unpaired) electrons. The number of benzene rings is 3. The zero-order valence-electron chi connectivity index (χ0n) is 18.0. The van der Waals surface area contributed by atoms with Crippen molar-refractivity contribution in [2.24, 2.45) is 0 Å². The number of nitro groups is 1. The highest BCUT2D eigenvalue weighted by molar-refractivity contribution is 9.10. The summed E-state index contributed by atoms with van der Waals surface area (Å²) in [5.41, 5.74) is 0.370. The molecule has 0 bridgehead atoms. The molecule has 11 heteroatoms. The Balaban J connectivity index is 1.62. The molecule has 0 aromatic heterocycles. The van der Waals surface area contributed by atoms with Gasteiger partial charge in [0.2, 0.25) is 0 Å². The van der Waals surface area contributed by atoms with Crippen LogP contribution in [-0.2, 0) is 4.79 Å².